The molecule has 0 aliphatic rings. The predicted octanol–water partition coefficient (Wildman–Crippen LogP) is 2.29. The van der Waals surface area contributed by atoms with E-state index in [9.17, 15) is 18.5 Å². The van der Waals surface area contributed by atoms with Gasteiger partial charge in [-0.25, -0.2) is 0 Å². The Morgan fingerprint density at radius 2 is 1.79 bits per heavy atom. The molecule has 1 heterocycles. The van der Waals surface area contributed by atoms with Crippen LogP contribution in [0.5, 0.6) is 11.5 Å². The molecule has 3 aromatic rings. The highest BCUT2D eigenvalue weighted by Gasteiger charge is 2.25. The van der Waals surface area contributed by atoms with Crippen LogP contribution in [0.2, 0.25) is 0 Å². The topological polar surface area (TPSA) is 140 Å². The van der Waals surface area contributed by atoms with Crippen molar-refractivity contribution >= 4 is 21.5 Å². The Labute approximate surface area is 160 Å². The fraction of sp³-hybridized carbons (Fsp3) is 0.118. The second-order valence-corrected chi connectivity index (χ2v) is 7.39. The lowest BCUT2D eigenvalue weighted by Crippen LogP contribution is -2.15. The molecule has 0 spiro atoms. The maximum absolute atomic E-state index is 13.0. The van der Waals surface area contributed by atoms with Gasteiger partial charge in [-0.2, -0.15) is 12.5 Å². The predicted molar refractivity (Wildman–Crippen MR) is 101 cm³/mol. The Hall–Kier alpha value is -3.60. The number of nitro groups is 1. The molecule has 0 saturated heterocycles. The Morgan fingerprint density at radius 1 is 1.11 bits per heavy atom. The van der Waals surface area contributed by atoms with Gasteiger partial charge in [-0.3, -0.25) is 10.1 Å². The summed E-state index contributed by atoms with van der Waals surface area (Å²) < 4.78 is 36.9. The lowest BCUT2D eigenvalue weighted by Gasteiger charge is -2.10. The van der Waals surface area contributed by atoms with Crippen LogP contribution in [0.15, 0.2) is 53.6 Å². The first-order valence-electron chi connectivity index (χ1n) is 7.85. The smallest absolute Gasteiger partial charge is 0.286 e. The largest absolute Gasteiger partial charge is 0.497 e. The number of anilines is 1. The number of nitro benzene ring substituents is 1. The molecule has 0 aliphatic carbocycles. The van der Waals surface area contributed by atoms with Crippen molar-refractivity contribution in [3.05, 3.63) is 58.8 Å². The molecule has 146 valence electrons. The maximum atomic E-state index is 13.0. The van der Waals surface area contributed by atoms with Crippen molar-refractivity contribution in [2.45, 2.75) is 4.90 Å². The van der Waals surface area contributed by atoms with Crippen molar-refractivity contribution in [1.82, 2.24) is 9.19 Å². The molecule has 0 atom stereocenters. The number of nitrogens with two attached hydrogens (primary N) is 1. The molecule has 3 rings (SSSR count). The zero-order valence-electron chi connectivity index (χ0n) is 14.9. The molecule has 0 unspecified atom stereocenters. The summed E-state index contributed by atoms with van der Waals surface area (Å²) in [5.74, 6) is 0.484. The molecule has 0 amide bonds. The average molecular weight is 404 g/mol. The number of benzene rings is 2. The minimum atomic E-state index is -4.10. The Kier molecular flexibility index (Phi) is 4.92. The molecule has 2 N–H and O–H groups in total. The minimum absolute atomic E-state index is 0.0371. The highest BCUT2D eigenvalue weighted by Crippen LogP contribution is 2.32. The van der Waals surface area contributed by atoms with Gasteiger partial charge < -0.3 is 15.2 Å². The van der Waals surface area contributed by atoms with Gasteiger partial charge in [0.05, 0.1) is 25.3 Å². The van der Waals surface area contributed by atoms with E-state index in [1.54, 1.807) is 0 Å². The summed E-state index contributed by atoms with van der Waals surface area (Å²) in [6, 6.07) is 9.81. The van der Waals surface area contributed by atoms with Crippen molar-refractivity contribution in [2.24, 2.45) is 0 Å². The maximum Gasteiger partial charge on any atom is 0.286 e. The number of nitrogens with zero attached hydrogens (tertiary/aromatic N) is 3. The molecule has 1 aromatic heterocycles. The van der Waals surface area contributed by atoms with Crippen molar-refractivity contribution < 1.29 is 22.8 Å². The van der Waals surface area contributed by atoms with Crippen LogP contribution in [-0.4, -0.2) is 36.7 Å². The standard InChI is InChI=1S/C17H16N4O6S/c1-26-13-7-8-16(15(9-13)27-2)28(24,25)20-10-14(17(18)19-20)11-3-5-12(6-4-11)21(22)23/h3-10H,1-2H3,(H2,18,19). The summed E-state index contributed by atoms with van der Waals surface area (Å²) in [6.07, 6.45) is 1.25. The zero-order valence-corrected chi connectivity index (χ0v) is 15.7. The third kappa shape index (κ3) is 3.34. The summed E-state index contributed by atoms with van der Waals surface area (Å²) >= 11 is 0. The normalized spacial score (nSPS) is 11.2. The van der Waals surface area contributed by atoms with E-state index in [-0.39, 0.29) is 22.2 Å². The number of non-ortho nitro benzene ring substituents is 1. The molecule has 0 bridgehead atoms. The molecular formula is C17H16N4O6S. The van der Waals surface area contributed by atoms with Gasteiger partial charge in [0.2, 0.25) is 0 Å². The Bertz CT molecular complexity index is 1140. The van der Waals surface area contributed by atoms with E-state index in [1.165, 1.54) is 62.9 Å². The van der Waals surface area contributed by atoms with Crippen LogP contribution < -0.4 is 15.2 Å². The van der Waals surface area contributed by atoms with Crippen molar-refractivity contribution in [2.75, 3.05) is 20.0 Å². The number of nitrogen functional groups attached to an aromatic ring is 1. The van der Waals surface area contributed by atoms with E-state index in [0.29, 0.717) is 16.9 Å². The van der Waals surface area contributed by atoms with Crippen LogP contribution in [0.1, 0.15) is 0 Å². The molecule has 2 aromatic carbocycles. The number of hydrogen-bond donors (Lipinski definition) is 1. The first-order chi connectivity index (χ1) is 13.3. The van der Waals surface area contributed by atoms with Crippen LogP contribution in [0.25, 0.3) is 11.1 Å². The van der Waals surface area contributed by atoms with E-state index in [0.717, 1.165) is 4.09 Å². The first-order valence-corrected chi connectivity index (χ1v) is 9.29. The van der Waals surface area contributed by atoms with Gasteiger partial charge in [0.25, 0.3) is 15.7 Å². The van der Waals surface area contributed by atoms with Gasteiger partial charge >= 0.3 is 0 Å². The Balaban J connectivity index is 2.05. The molecular weight excluding hydrogens is 388 g/mol. The van der Waals surface area contributed by atoms with Crippen molar-refractivity contribution in [3.63, 3.8) is 0 Å². The summed E-state index contributed by atoms with van der Waals surface area (Å²) in [4.78, 5) is 10.1. The third-order valence-electron chi connectivity index (χ3n) is 4.01. The minimum Gasteiger partial charge on any atom is -0.497 e. The lowest BCUT2D eigenvalue weighted by molar-refractivity contribution is -0.384. The average Bonchev–Trinajstić information content (AvgIpc) is 3.09. The zero-order chi connectivity index (χ0) is 20.5. The molecule has 28 heavy (non-hydrogen) atoms. The van der Waals surface area contributed by atoms with Gasteiger partial charge in [-0.15, -0.1) is 5.10 Å². The summed E-state index contributed by atoms with van der Waals surface area (Å²) in [5, 5.41) is 14.7. The van der Waals surface area contributed by atoms with Gasteiger partial charge in [-0.1, -0.05) is 0 Å². The summed E-state index contributed by atoms with van der Waals surface area (Å²) in [6.45, 7) is 0. The highest BCUT2D eigenvalue weighted by molar-refractivity contribution is 7.90. The van der Waals surface area contributed by atoms with E-state index >= 15 is 0 Å². The van der Waals surface area contributed by atoms with Crippen LogP contribution in [-0.2, 0) is 10.0 Å². The Morgan fingerprint density at radius 3 is 2.36 bits per heavy atom. The second-order valence-electron chi connectivity index (χ2n) is 5.63. The summed E-state index contributed by atoms with van der Waals surface area (Å²) in [5.41, 5.74) is 6.61. The lowest BCUT2D eigenvalue weighted by atomic mass is 10.1. The number of rotatable bonds is 6. The highest BCUT2D eigenvalue weighted by atomic mass is 32.2. The molecule has 0 fully saturated rings. The van der Waals surface area contributed by atoms with Gasteiger partial charge in [0, 0.05) is 23.8 Å². The quantitative estimate of drug-likeness (QED) is 0.487. The van der Waals surface area contributed by atoms with Crippen LogP contribution in [0, 0.1) is 10.1 Å². The molecule has 0 aliphatic heterocycles. The molecule has 10 nitrogen and oxygen atoms in total. The van der Waals surface area contributed by atoms with E-state index < -0.39 is 14.9 Å². The number of aromatic nitrogens is 2. The van der Waals surface area contributed by atoms with Gasteiger partial charge in [-0.05, 0) is 29.8 Å². The van der Waals surface area contributed by atoms with Crippen LogP contribution >= 0.6 is 0 Å². The first kappa shape index (κ1) is 19.2. The fourth-order valence-corrected chi connectivity index (χ4v) is 3.84. The molecule has 0 radical (unpaired) electrons. The number of hydrogen-bond acceptors (Lipinski definition) is 8. The van der Waals surface area contributed by atoms with E-state index in [2.05, 4.69) is 5.10 Å². The third-order valence-corrected chi connectivity index (χ3v) is 5.58. The van der Waals surface area contributed by atoms with Crippen molar-refractivity contribution in [3.8, 4) is 22.6 Å². The van der Waals surface area contributed by atoms with Crippen LogP contribution in [0.4, 0.5) is 11.5 Å². The molecule has 0 saturated carbocycles. The molecule has 11 heteroatoms. The second kappa shape index (κ2) is 7.19. The summed E-state index contributed by atoms with van der Waals surface area (Å²) in [7, 11) is -1.31. The van der Waals surface area contributed by atoms with E-state index in [4.69, 9.17) is 15.2 Å². The van der Waals surface area contributed by atoms with Crippen LogP contribution in [0.3, 0.4) is 0 Å². The number of ether oxygens (including phenoxy) is 2. The SMILES string of the molecule is COc1ccc(S(=O)(=O)n2cc(-c3ccc([N+](=O)[O-])cc3)c(N)n2)c(OC)c1. The van der Waals surface area contributed by atoms with Gasteiger partial charge in [0.1, 0.15) is 16.4 Å². The van der Waals surface area contributed by atoms with Crippen molar-refractivity contribution in [1.29, 1.82) is 0 Å². The monoisotopic (exact) mass is 404 g/mol. The number of methoxy groups -OCH3 is 2. The van der Waals surface area contributed by atoms with Gasteiger partial charge in [0.15, 0.2) is 5.82 Å². The fourth-order valence-electron chi connectivity index (χ4n) is 2.56. The van der Waals surface area contributed by atoms with E-state index in [1.807, 2.05) is 0 Å².